The number of nitrogens with one attached hydrogen (secondary N) is 1. The summed E-state index contributed by atoms with van der Waals surface area (Å²) in [5.74, 6) is -0.328. The van der Waals surface area contributed by atoms with Gasteiger partial charge in [-0.3, -0.25) is 4.79 Å². The van der Waals surface area contributed by atoms with Crippen molar-refractivity contribution in [3.63, 3.8) is 0 Å². The number of hydrogen-bond donors (Lipinski definition) is 3. The number of benzene rings is 1. The highest BCUT2D eigenvalue weighted by molar-refractivity contribution is 6.01. The lowest BCUT2D eigenvalue weighted by Crippen LogP contribution is -2.55. The average Bonchev–Trinajstić information content (AvgIpc) is 3.42. The Balaban J connectivity index is 1.60. The van der Waals surface area contributed by atoms with Crippen LogP contribution in [-0.4, -0.2) is 55.7 Å². The van der Waals surface area contributed by atoms with Crippen molar-refractivity contribution in [2.24, 2.45) is 0 Å². The number of nitrogens with zero attached hydrogens (tertiary/aromatic N) is 5. The number of hydrogen-bond acceptors (Lipinski definition) is 7. The zero-order chi connectivity index (χ0) is 23.3. The first-order valence-corrected chi connectivity index (χ1v) is 10.5. The summed E-state index contributed by atoms with van der Waals surface area (Å²) in [5.41, 5.74) is 0.358. The van der Waals surface area contributed by atoms with Crippen LogP contribution in [0.1, 0.15) is 35.0 Å². The molecule has 168 valence electrons. The first-order chi connectivity index (χ1) is 15.8. The van der Waals surface area contributed by atoms with Gasteiger partial charge in [0.25, 0.3) is 5.91 Å². The lowest BCUT2D eigenvalue weighted by atomic mass is 9.92. The molecule has 2 aliphatic heterocycles. The normalized spacial score (nSPS) is 22.1. The quantitative estimate of drug-likeness (QED) is 0.554. The number of nitriles is 1. The Bertz CT molecular complexity index is 1310. The Kier molecular flexibility index (Phi) is 4.88. The van der Waals surface area contributed by atoms with Crippen LogP contribution in [0.2, 0.25) is 0 Å². The summed E-state index contributed by atoms with van der Waals surface area (Å²) < 4.78 is 16.2. The average molecular weight is 448 g/mol. The van der Waals surface area contributed by atoms with E-state index >= 15 is 0 Å². The minimum atomic E-state index is -1.27. The molecule has 1 amide bonds. The van der Waals surface area contributed by atoms with E-state index in [9.17, 15) is 24.7 Å². The molecule has 0 unspecified atom stereocenters. The lowest BCUT2D eigenvalue weighted by Gasteiger charge is -2.40. The molecule has 3 N–H and O–H groups in total. The number of carbonyl (C=O) groups excluding carboxylic acids is 1. The molecule has 33 heavy (non-hydrogen) atoms. The van der Waals surface area contributed by atoms with Gasteiger partial charge < -0.3 is 20.4 Å². The highest BCUT2D eigenvalue weighted by Gasteiger charge is 2.37. The van der Waals surface area contributed by atoms with Crippen molar-refractivity contribution in [1.82, 2.24) is 20.1 Å². The van der Waals surface area contributed by atoms with E-state index in [0.717, 1.165) is 0 Å². The zero-order valence-corrected chi connectivity index (χ0v) is 17.8. The van der Waals surface area contributed by atoms with Gasteiger partial charge in [0.2, 0.25) is 0 Å². The monoisotopic (exact) mass is 448 g/mol. The second kappa shape index (κ2) is 7.65. The molecule has 10 heteroatoms. The molecule has 2 aromatic heterocycles. The standard InChI is InChI=1S/C23H21FN6O3/c1-23(33)12-29(7-5-18(23)31)19-6-8-30(28-19)17-9-15(27-16-11-26-22(32)21(16)17)20-13(10-25)3-2-4-14(20)24/h2-4,6,8-9,18,31,33H,5,7,11-12H2,1H3,(H,26,32)/t18-,23-/m1/s1. The smallest absolute Gasteiger partial charge is 0.255 e. The van der Waals surface area contributed by atoms with E-state index in [0.29, 0.717) is 35.7 Å². The highest BCUT2D eigenvalue weighted by atomic mass is 19.1. The highest BCUT2D eigenvalue weighted by Crippen LogP contribution is 2.32. The van der Waals surface area contributed by atoms with Crippen LogP contribution in [0.3, 0.4) is 0 Å². The summed E-state index contributed by atoms with van der Waals surface area (Å²) >= 11 is 0. The molecule has 5 rings (SSSR count). The number of aromatic nitrogens is 3. The van der Waals surface area contributed by atoms with E-state index < -0.39 is 17.5 Å². The Labute approximate surface area is 188 Å². The molecule has 3 aromatic rings. The van der Waals surface area contributed by atoms with Gasteiger partial charge in [0.15, 0.2) is 5.82 Å². The number of β-amino-alcohol motifs (C(OH)–C–C–N with tert-alkyl or cyclic N) is 1. The van der Waals surface area contributed by atoms with Gasteiger partial charge in [-0.1, -0.05) is 6.07 Å². The van der Waals surface area contributed by atoms with Crippen molar-refractivity contribution >= 4 is 11.7 Å². The fourth-order valence-electron chi connectivity index (χ4n) is 4.37. The third-order valence-electron chi connectivity index (χ3n) is 6.15. The summed E-state index contributed by atoms with van der Waals surface area (Å²) in [6.07, 6.45) is 1.24. The number of pyridine rings is 1. The summed E-state index contributed by atoms with van der Waals surface area (Å²) in [6, 6.07) is 9.52. The van der Waals surface area contributed by atoms with Crippen LogP contribution in [-0.2, 0) is 6.54 Å². The van der Waals surface area contributed by atoms with Crippen LogP contribution in [0.5, 0.6) is 0 Å². The SMILES string of the molecule is C[C@@]1(O)CN(c2ccn(-c3cc(-c4c(F)cccc4C#N)nc4c3C(=O)NC4)n2)CC[C@H]1O. The second-order valence-electron chi connectivity index (χ2n) is 8.51. The second-order valence-corrected chi connectivity index (χ2v) is 8.51. The number of amides is 1. The maximum atomic E-state index is 14.7. The van der Waals surface area contributed by atoms with Gasteiger partial charge >= 0.3 is 0 Å². The topological polar surface area (TPSA) is 127 Å². The number of aliphatic hydroxyl groups is 2. The van der Waals surface area contributed by atoms with Gasteiger partial charge in [0.1, 0.15) is 11.4 Å². The van der Waals surface area contributed by atoms with Crippen molar-refractivity contribution in [3.05, 3.63) is 59.2 Å². The van der Waals surface area contributed by atoms with Gasteiger partial charge in [-0.25, -0.2) is 14.1 Å². The van der Waals surface area contributed by atoms with Gasteiger partial charge in [-0.15, -0.1) is 0 Å². The Morgan fingerprint density at radius 3 is 2.91 bits per heavy atom. The van der Waals surface area contributed by atoms with Gasteiger partial charge in [0.05, 0.1) is 59.0 Å². The van der Waals surface area contributed by atoms with Crippen LogP contribution < -0.4 is 10.2 Å². The molecule has 9 nitrogen and oxygen atoms in total. The van der Waals surface area contributed by atoms with Gasteiger partial charge in [-0.2, -0.15) is 10.4 Å². The van der Waals surface area contributed by atoms with E-state index in [1.165, 1.54) is 22.9 Å². The number of aliphatic hydroxyl groups excluding tert-OH is 1. The number of anilines is 1. The van der Waals surface area contributed by atoms with E-state index in [-0.39, 0.29) is 35.8 Å². The largest absolute Gasteiger partial charge is 0.390 e. The van der Waals surface area contributed by atoms with E-state index in [2.05, 4.69) is 15.4 Å². The third-order valence-corrected chi connectivity index (χ3v) is 6.15. The molecule has 0 radical (unpaired) electrons. The summed E-state index contributed by atoms with van der Waals surface area (Å²) in [7, 11) is 0. The van der Waals surface area contributed by atoms with Crippen LogP contribution in [0.4, 0.5) is 10.2 Å². The predicted octanol–water partition coefficient (Wildman–Crippen LogP) is 1.51. The molecule has 1 aromatic carbocycles. The summed E-state index contributed by atoms with van der Waals surface area (Å²) in [5, 5.41) is 37.2. The molecular formula is C23H21FN6O3. The molecule has 1 saturated heterocycles. The molecule has 1 fully saturated rings. The molecule has 0 bridgehead atoms. The van der Waals surface area contributed by atoms with Crippen molar-refractivity contribution in [2.45, 2.75) is 31.6 Å². The molecule has 0 aliphatic carbocycles. The molecular weight excluding hydrogens is 427 g/mol. The zero-order valence-electron chi connectivity index (χ0n) is 17.8. The van der Waals surface area contributed by atoms with Crippen LogP contribution in [0, 0.1) is 17.1 Å². The van der Waals surface area contributed by atoms with Gasteiger partial charge in [0, 0.05) is 18.8 Å². The lowest BCUT2D eigenvalue weighted by molar-refractivity contribution is -0.0693. The first-order valence-electron chi connectivity index (χ1n) is 10.5. The summed E-state index contributed by atoms with van der Waals surface area (Å²) in [4.78, 5) is 18.9. The fourth-order valence-corrected chi connectivity index (χ4v) is 4.37. The maximum Gasteiger partial charge on any atom is 0.255 e. The minimum absolute atomic E-state index is 0.0665. The van der Waals surface area contributed by atoms with Crippen molar-refractivity contribution in [1.29, 1.82) is 5.26 Å². The number of rotatable bonds is 3. The third kappa shape index (κ3) is 3.51. The van der Waals surface area contributed by atoms with Crippen LogP contribution in [0.15, 0.2) is 36.5 Å². The number of carbonyl (C=O) groups is 1. The van der Waals surface area contributed by atoms with Crippen molar-refractivity contribution < 1.29 is 19.4 Å². The van der Waals surface area contributed by atoms with Crippen molar-refractivity contribution in [2.75, 3.05) is 18.0 Å². The fraction of sp³-hybridized carbons (Fsp3) is 0.304. The Morgan fingerprint density at radius 1 is 1.33 bits per heavy atom. The molecule has 2 aliphatic rings. The van der Waals surface area contributed by atoms with E-state index in [4.69, 9.17) is 0 Å². The molecule has 2 atom stereocenters. The first kappa shape index (κ1) is 21.1. The molecule has 0 saturated carbocycles. The van der Waals surface area contributed by atoms with Crippen LogP contribution >= 0.6 is 0 Å². The van der Waals surface area contributed by atoms with Crippen LogP contribution in [0.25, 0.3) is 16.9 Å². The number of halogens is 1. The number of piperidine rings is 1. The molecule has 4 heterocycles. The Morgan fingerprint density at radius 2 is 2.15 bits per heavy atom. The Hall–Kier alpha value is -3.81. The maximum absolute atomic E-state index is 14.7. The summed E-state index contributed by atoms with van der Waals surface area (Å²) in [6.45, 7) is 2.47. The van der Waals surface area contributed by atoms with Gasteiger partial charge in [-0.05, 0) is 31.5 Å². The minimum Gasteiger partial charge on any atom is -0.390 e. The number of fused-ring (bicyclic) bond motifs is 1. The predicted molar refractivity (Wildman–Crippen MR) is 116 cm³/mol. The van der Waals surface area contributed by atoms with Crippen molar-refractivity contribution in [3.8, 4) is 23.0 Å². The molecule has 0 spiro atoms. The van der Waals surface area contributed by atoms with E-state index in [1.807, 2.05) is 11.0 Å². The van der Waals surface area contributed by atoms with E-state index in [1.54, 1.807) is 25.3 Å².